The molecule has 0 unspecified atom stereocenters. The molecule has 0 spiro atoms. The fourth-order valence-electron chi connectivity index (χ4n) is 1.72. The topological polar surface area (TPSA) is 44.1 Å². The number of halogens is 4. The van der Waals surface area contributed by atoms with E-state index in [0.29, 0.717) is 10.9 Å². The fraction of sp³-hybridized carbons (Fsp3) is 0.231. The molecule has 0 aliphatic heterocycles. The van der Waals surface area contributed by atoms with Crippen molar-refractivity contribution >= 4 is 28.5 Å². The van der Waals surface area contributed by atoms with Gasteiger partial charge in [0.25, 0.3) is 0 Å². The number of esters is 1. The lowest BCUT2D eigenvalue weighted by atomic mass is 10.2. The molecule has 0 fully saturated rings. The minimum Gasteiger partial charge on any atom is -0.464 e. The summed E-state index contributed by atoms with van der Waals surface area (Å²) in [5.74, 6) is -2.30. The van der Waals surface area contributed by atoms with Gasteiger partial charge in [0, 0.05) is 11.8 Å². The lowest BCUT2D eigenvalue weighted by Gasteiger charge is -2.05. The average Bonchev–Trinajstić information content (AvgIpc) is 2.76. The van der Waals surface area contributed by atoms with Crippen LogP contribution in [0.3, 0.4) is 0 Å². The highest BCUT2D eigenvalue weighted by Crippen LogP contribution is 2.22. The highest BCUT2D eigenvalue weighted by molar-refractivity contribution is 6.34. The Morgan fingerprint density at radius 3 is 2.71 bits per heavy atom. The maximum atomic E-state index is 12.5. The van der Waals surface area contributed by atoms with E-state index in [-0.39, 0.29) is 11.7 Å². The first-order valence-corrected chi connectivity index (χ1v) is 6.33. The van der Waals surface area contributed by atoms with Gasteiger partial charge in [-0.25, -0.2) is 4.39 Å². The molecule has 0 radical (unpaired) electrons. The lowest BCUT2D eigenvalue weighted by molar-refractivity contribution is -0.144. The number of hydrogen-bond donors (Lipinski definition) is 0. The summed E-state index contributed by atoms with van der Waals surface area (Å²) >= 11 is 5.92. The molecule has 0 N–H and O–H groups in total. The number of hydrogen-bond acceptors (Lipinski definition) is 3. The average molecular weight is 319 g/mol. The third-order valence-electron chi connectivity index (χ3n) is 2.68. The molecule has 0 atom stereocenters. The molecule has 0 saturated heterocycles. The van der Waals surface area contributed by atoms with Crippen molar-refractivity contribution in [3.63, 3.8) is 0 Å². The zero-order chi connectivity index (χ0) is 15.4. The predicted molar refractivity (Wildman–Crippen MR) is 70.7 cm³/mol. The van der Waals surface area contributed by atoms with Gasteiger partial charge >= 0.3 is 12.0 Å². The van der Waals surface area contributed by atoms with Gasteiger partial charge in [0.2, 0.25) is 0 Å². The van der Waals surface area contributed by atoms with Crippen LogP contribution in [0.15, 0.2) is 36.2 Å². The minimum atomic E-state index is -2.41. The molecule has 0 saturated carbocycles. The second-order valence-corrected chi connectivity index (χ2v) is 4.46. The number of aromatic nitrogens is 2. The minimum absolute atomic E-state index is 0.239. The maximum Gasteiger partial charge on any atom is 0.327 e. The van der Waals surface area contributed by atoms with Gasteiger partial charge in [0.15, 0.2) is 11.0 Å². The Kier molecular flexibility index (Phi) is 4.85. The van der Waals surface area contributed by atoms with Gasteiger partial charge in [0.1, 0.15) is 6.54 Å². The molecular formula is C13H10ClF3N2O2. The SMILES string of the molecule is O=C(Cn1nc(Cl)c2ccccc21)OCCC(F)=C(F)F. The van der Waals surface area contributed by atoms with Gasteiger partial charge in [-0.2, -0.15) is 13.9 Å². The summed E-state index contributed by atoms with van der Waals surface area (Å²) < 4.78 is 42.2. The van der Waals surface area contributed by atoms with Crippen molar-refractivity contribution in [3.8, 4) is 0 Å². The zero-order valence-corrected chi connectivity index (χ0v) is 11.4. The number of rotatable bonds is 5. The van der Waals surface area contributed by atoms with Gasteiger partial charge in [0.05, 0.1) is 12.1 Å². The number of ether oxygens (including phenoxy) is 1. The first kappa shape index (κ1) is 15.4. The summed E-state index contributed by atoms with van der Waals surface area (Å²) in [5, 5.41) is 4.90. The van der Waals surface area contributed by atoms with Crippen molar-refractivity contribution in [1.82, 2.24) is 9.78 Å². The first-order chi connectivity index (χ1) is 9.99. The number of nitrogens with zero attached hydrogens (tertiary/aromatic N) is 2. The van der Waals surface area contributed by atoms with Crippen molar-refractivity contribution in [2.45, 2.75) is 13.0 Å². The normalized spacial score (nSPS) is 10.7. The smallest absolute Gasteiger partial charge is 0.327 e. The quantitative estimate of drug-likeness (QED) is 0.790. The van der Waals surface area contributed by atoms with Crippen molar-refractivity contribution in [2.75, 3.05) is 6.61 Å². The van der Waals surface area contributed by atoms with Crippen molar-refractivity contribution in [2.24, 2.45) is 0 Å². The standard InChI is InChI=1S/C13H10ClF3N2O2/c14-12-8-3-1-2-4-10(8)19(18-12)7-11(20)21-6-5-9(15)13(16)17/h1-4H,5-7H2. The van der Waals surface area contributed by atoms with E-state index in [1.54, 1.807) is 24.3 Å². The van der Waals surface area contributed by atoms with Crippen LogP contribution < -0.4 is 0 Å². The van der Waals surface area contributed by atoms with E-state index in [4.69, 9.17) is 11.6 Å². The van der Waals surface area contributed by atoms with E-state index >= 15 is 0 Å². The molecule has 4 nitrogen and oxygen atoms in total. The van der Waals surface area contributed by atoms with Gasteiger partial charge in [-0.3, -0.25) is 9.48 Å². The van der Waals surface area contributed by atoms with Gasteiger partial charge in [-0.1, -0.05) is 23.7 Å². The van der Waals surface area contributed by atoms with E-state index in [9.17, 15) is 18.0 Å². The Morgan fingerprint density at radius 1 is 1.29 bits per heavy atom. The van der Waals surface area contributed by atoms with Crippen molar-refractivity contribution in [1.29, 1.82) is 0 Å². The highest BCUT2D eigenvalue weighted by atomic mass is 35.5. The third-order valence-corrected chi connectivity index (χ3v) is 2.96. The summed E-state index contributed by atoms with van der Waals surface area (Å²) in [6.45, 7) is -0.703. The molecule has 8 heteroatoms. The molecule has 2 aromatic rings. The number of fused-ring (bicyclic) bond motifs is 1. The molecule has 0 aliphatic rings. The summed E-state index contributed by atoms with van der Waals surface area (Å²) in [6.07, 6.45) is -3.06. The maximum absolute atomic E-state index is 12.5. The molecule has 112 valence electrons. The van der Waals surface area contributed by atoms with Crippen molar-refractivity contribution in [3.05, 3.63) is 41.3 Å². The van der Waals surface area contributed by atoms with E-state index in [2.05, 4.69) is 9.84 Å². The first-order valence-electron chi connectivity index (χ1n) is 5.95. The van der Waals surface area contributed by atoms with E-state index in [0.717, 1.165) is 0 Å². The summed E-state index contributed by atoms with van der Waals surface area (Å²) in [6, 6.07) is 7.00. The van der Waals surface area contributed by atoms with Crippen molar-refractivity contribution < 1.29 is 22.7 Å². The molecule has 1 aromatic carbocycles. The summed E-state index contributed by atoms with van der Waals surface area (Å²) in [5.41, 5.74) is 0.639. The van der Waals surface area contributed by atoms with Crippen LogP contribution in [0.2, 0.25) is 5.15 Å². The van der Waals surface area contributed by atoms with Gasteiger partial charge in [-0.15, -0.1) is 0 Å². The lowest BCUT2D eigenvalue weighted by Crippen LogP contribution is -2.15. The Balaban J connectivity index is 1.98. The van der Waals surface area contributed by atoms with Gasteiger partial charge < -0.3 is 4.74 Å². The monoisotopic (exact) mass is 318 g/mol. The fourth-order valence-corrected chi connectivity index (χ4v) is 1.98. The largest absolute Gasteiger partial charge is 0.464 e. The van der Waals surface area contributed by atoms with Crippen LogP contribution in [0.4, 0.5) is 13.2 Å². The van der Waals surface area contributed by atoms with E-state index in [1.807, 2.05) is 0 Å². The molecular weight excluding hydrogens is 309 g/mol. The molecule has 1 heterocycles. The number of carbonyl (C=O) groups excluding carboxylic acids is 1. The van der Waals surface area contributed by atoms with Crippen LogP contribution in [-0.4, -0.2) is 22.4 Å². The van der Waals surface area contributed by atoms with E-state index < -0.39 is 30.9 Å². The zero-order valence-electron chi connectivity index (χ0n) is 10.7. The third kappa shape index (κ3) is 3.75. The second kappa shape index (κ2) is 6.62. The van der Waals surface area contributed by atoms with Gasteiger partial charge in [-0.05, 0) is 12.1 Å². The molecule has 21 heavy (non-hydrogen) atoms. The van der Waals surface area contributed by atoms with Crippen LogP contribution in [0.5, 0.6) is 0 Å². The second-order valence-electron chi connectivity index (χ2n) is 4.10. The Morgan fingerprint density at radius 2 is 2.00 bits per heavy atom. The Hall–Kier alpha value is -2.02. The molecule has 0 aliphatic carbocycles. The number of carbonyl (C=O) groups is 1. The van der Waals surface area contributed by atoms with E-state index in [1.165, 1.54) is 4.68 Å². The van der Waals surface area contributed by atoms with Crippen LogP contribution in [0.25, 0.3) is 10.9 Å². The molecule has 0 amide bonds. The summed E-state index contributed by atoms with van der Waals surface area (Å²) in [4.78, 5) is 11.6. The highest BCUT2D eigenvalue weighted by Gasteiger charge is 2.13. The summed E-state index contributed by atoms with van der Waals surface area (Å²) in [7, 11) is 0. The Bertz CT molecular complexity index is 696. The number of benzene rings is 1. The van der Waals surface area contributed by atoms with Crippen LogP contribution in [0, 0.1) is 0 Å². The van der Waals surface area contributed by atoms with Crippen LogP contribution in [-0.2, 0) is 16.1 Å². The predicted octanol–water partition coefficient (Wildman–Crippen LogP) is 3.70. The van der Waals surface area contributed by atoms with Crippen LogP contribution >= 0.6 is 11.6 Å². The van der Waals surface area contributed by atoms with Crippen LogP contribution in [0.1, 0.15) is 6.42 Å². The molecule has 0 bridgehead atoms. The Labute approximate surface area is 122 Å². The molecule has 1 aromatic heterocycles. The number of para-hydroxylation sites is 1. The molecule has 2 rings (SSSR count).